The average molecular weight is 535 g/mol. The minimum atomic E-state index is -0.905. The van der Waals surface area contributed by atoms with Crippen molar-refractivity contribution in [1.29, 1.82) is 0 Å². The number of aromatic carboxylic acids is 1. The molecule has 0 radical (unpaired) electrons. The molecule has 3 aromatic rings. The molecular weight excluding hydrogens is 496 g/mol. The third kappa shape index (κ3) is 5.08. The fourth-order valence-corrected chi connectivity index (χ4v) is 6.10. The lowest BCUT2D eigenvalue weighted by atomic mass is 9.81. The number of allylic oxidation sites excluding steroid dienone is 4. The topological polar surface area (TPSA) is 63.8 Å². The van der Waals surface area contributed by atoms with Crippen molar-refractivity contribution >= 4 is 28.7 Å². The summed E-state index contributed by atoms with van der Waals surface area (Å²) in [6.07, 6.45) is 13.7. The third-order valence-electron chi connectivity index (χ3n) is 8.29. The molecule has 40 heavy (non-hydrogen) atoms. The van der Waals surface area contributed by atoms with Crippen molar-refractivity contribution in [3.8, 4) is 17.0 Å². The molecule has 0 atom stereocenters. The van der Waals surface area contributed by atoms with Gasteiger partial charge in [0.1, 0.15) is 12.4 Å². The number of hydrogen-bond donors (Lipinski definition) is 1. The van der Waals surface area contributed by atoms with Gasteiger partial charge in [-0.1, -0.05) is 62.8 Å². The SMILES string of the molecule is C=C(/C=C\c1c(C)ccc2c1OCCn1c-2c(C2CCCCC2)c2ccc(C(=O)O)cc21)C(=C)C(C)=N/C=C\C. The zero-order valence-corrected chi connectivity index (χ0v) is 23.8. The van der Waals surface area contributed by atoms with E-state index in [1.54, 1.807) is 12.3 Å². The Labute approximate surface area is 236 Å². The van der Waals surface area contributed by atoms with E-state index in [9.17, 15) is 9.90 Å². The van der Waals surface area contributed by atoms with Gasteiger partial charge in [-0.15, -0.1) is 0 Å². The molecule has 2 aromatic carbocycles. The van der Waals surface area contributed by atoms with E-state index in [-0.39, 0.29) is 0 Å². The number of aliphatic imine (C=N–C) groups is 1. The van der Waals surface area contributed by atoms with E-state index >= 15 is 0 Å². The van der Waals surface area contributed by atoms with Gasteiger partial charge in [-0.2, -0.15) is 0 Å². The number of aromatic nitrogens is 1. The van der Waals surface area contributed by atoms with E-state index in [0.717, 1.165) is 63.0 Å². The predicted octanol–water partition coefficient (Wildman–Crippen LogP) is 8.88. The van der Waals surface area contributed by atoms with Crippen LogP contribution in [0.2, 0.25) is 0 Å². The molecule has 0 bridgehead atoms. The number of carbonyl (C=O) groups is 1. The van der Waals surface area contributed by atoms with Crippen LogP contribution in [-0.2, 0) is 6.54 Å². The van der Waals surface area contributed by atoms with Crippen molar-refractivity contribution in [2.24, 2.45) is 4.99 Å². The standard InChI is InChI=1S/C35H38N2O3/c1-6-18-36-25(5)24(4)22(2)12-15-28-23(3)13-16-30-33-32(26-10-8-7-9-11-26)29-17-14-27(35(38)39)21-31(29)37(33)19-20-40-34(28)30/h6,12-18,21,26H,2,4,7-11,19-20H2,1,3,5H3,(H,38,39)/b15-12-,18-6-,36-25?. The second-order valence-corrected chi connectivity index (χ2v) is 10.8. The van der Waals surface area contributed by atoms with Gasteiger partial charge in [0.05, 0.1) is 17.8 Å². The van der Waals surface area contributed by atoms with Gasteiger partial charge in [-0.3, -0.25) is 4.99 Å². The van der Waals surface area contributed by atoms with Crippen LogP contribution in [0.5, 0.6) is 5.75 Å². The van der Waals surface area contributed by atoms with Crippen LogP contribution in [-0.4, -0.2) is 28.0 Å². The molecule has 206 valence electrons. The van der Waals surface area contributed by atoms with Crippen LogP contribution in [0.4, 0.5) is 0 Å². The first-order valence-electron chi connectivity index (χ1n) is 14.2. The molecule has 1 saturated carbocycles. The number of nitrogens with zero attached hydrogens (tertiary/aromatic N) is 2. The van der Waals surface area contributed by atoms with Crippen molar-refractivity contribution in [2.75, 3.05) is 6.61 Å². The van der Waals surface area contributed by atoms with Crippen LogP contribution in [0, 0.1) is 6.92 Å². The lowest BCUT2D eigenvalue weighted by Gasteiger charge is -2.24. The summed E-state index contributed by atoms with van der Waals surface area (Å²) < 4.78 is 8.78. The van der Waals surface area contributed by atoms with Crippen LogP contribution < -0.4 is 4.74 Å². The lowest BCUT2D eigenvalue weighted by molar-refractivity contribution is 0.0697. The summed E-state index contributed by atoms with van der Waals surface area (Å²) in [4.78, 5) is 16.3. The van der Waals surface area contributed by atoms with Crippen LogP contribution in [0.3, 0.4) is 0 Å². The zero-order chi connectivity index (χ0) is 28.4. The number of carboxylic acids is 1. The Kier molecular flexibility index (Phi) is 7.92. The fourth-order valence-electron chi connectivity index (χ4n) is 6.10. The summed E-state index contributed by atoms with van der Waals surface area (Å²) in [5.41, 5.74) is 9.42. The van der Waals surface area contributed by atoms with E-state index in [4.69, 9.17) is 4.74 Å². The number of fused-ring (bicyclic) bond motifs is 5. The molecule has 1 fully saturated rings. The number of ether oxygens (including phenoxy) is 1. The van der Waals surface area contributed by atoms with Gasteiger partial charge in [-0.05, 0) is 80.0 Å². The summed E-state index contributed by atoms with van der Waals surface area (Å²) in [5.74, 6) is 0.404. The van der Waals surface area contributed by atoms with Crippen LogP contribution in [0.25, 0.3) is 28.2 Å². The van der Waals surface area contributed by atoms with Gasteiger partial charge in [0.15, 0.2) is 0 Å². The second kappa shape index (κ2) is 11.5. The smallest absolute Gasteiger partial charge is 0.335 e. The summed E-state index contributed by atoms with van der Waals surface area (Å²) in [6, 6.07) is 9.93. The Bertz CT molecular complexity index is 1590. The van der Waals surface area contributed by atoms with Crippen LogP contribution in [0.15, 0.2) is 78.0 Å². The monoisotopic (exact) mass is 534 g/mol. The largest absolute Gasteiger partial charge is 0.490 e. The van der Waals surface area contributed by atoms with Crippen molar-refractivity contribution in [2.45, 2.75) is 65.3 Å². The molecule has 1 N–H and O–H groups in total. The molecule has 2 heterocycles. The Morgan fingerprint density at radius 3 is 2.65 bits per heavy atom. The van der Waals surface area contributed by atoms with Gasteiger partial charge in [0, 0.05) is 33.9 Å². The maximum Gasteiger partial charge on any atom is 0.335 e. The zero-order valence-electron chi connectivity index (χ0n) is 23.8. The van der Waals surface area contributed by atoms with Crippen molar-refractivity contribution in [3.63, 3.8) is 0 Å². The minimum Gasteiger partial charge on any atom is -0.490 e. The van der Waals surface area contributed by atoms with Crippen LogP contribution in [0.1, 0.15) is 78.9 Å². The van der Waals surface area contributed by atoms with E-state index in [2.05, 4.69) is 47.8 Å². The highest BCUT2D eigenvalue weighted by Gasteiger charge is 2.30. The number of carboxylic acid groups (broad SMARTS) is 1. The van der Waals surface area contributed by atoms with Gasteiger partial charge >= 0.3 is 5.97 Å². The number of aryl methyl sites for hydroxylation is 1. The second-order valence-electron chi connectivity index (χ2n) is 10.8. The first kappa shape index (κ1) is 27.4. The highest BCUT2D eigenvalue weighted by molar-refractivity contribution is 6.03. The Morgan fingerprint density at radius 1 is 1.15 bits per heavy atom. The summed E-state index contributed by atoms with van der Waals surface area (Å²) >= 11 is 0. The van der Waals surface area contributed by atoms with Crippen molar-refractivity contribution in [1.82, 2.24) is 4.57 Å². The summed E-state index contributed by atoms with van der Waals surface area (Å²) in [6.45, 7) is 15.5. The maximum atomic E-state index is 11.9. The van der Waals surface area contributed by atoms with Crippen molar-refractivity contribution < 1.29 is 14.6 Å². The van der Waals surface area contributed by atoms with E-state index in [1.165, 1.54) is 30.5 Å². The van der Waals surface area contributed by atoms with E-state index in [1.807, 2.05) is 38.1 Å². The Balaban J connectivity index is 1.67. The number of rotatable bonds is 7. The molecule has 5 nitrogen and oxygen atoms in total. The molecule has 1 aromatic heterocycles. The highest BCUT2D eigenvalue weighted by atomic mass is 16.5. The summed E-state index contributed by atoms with van der Waals surface area (Å²) in [7, 11) is 0. The molecular formula is C35H38N2O3. The molecule has 1 aliphatic heterocycles. The summed E-state index contributed by atoms with van der Waals surface area (Å²) in [5, 5.41) is 10.9. The quantitative estimate of drug-likeness (QED) is 0.243. The first-order valence-corrected chi connectivity index (χ1v) is 14.2. The van der Waals surface area contributed by atoms with E-state index in [0.29, 0.717) is 24.6 Å². The molecule has 5 heteroatoms. The predicted molar refractivity (Wildman–Crippen MR) is 166 cm³/mol. The number of benzene rings is 2. The Hall–Kier alpha value is -4.12. The molecule has 0 unspecified atom stereocenters. The Morgan fingerprint density at radius 2 is 1.93 bits per heavy atom. The van der Waals surface area contributed by atoms with Gasteiger partial charge in [0.25, 0.3) is 0 Å². The van der Waals surface area contributed by atoms with Gasteiger partial charge < -0.3 is 14.4 Å². The third-order valence-corrected chi connectivity index (χ3v) is 8.29. The van der Waals surface area contributed by atoms with Crippen LogP contribution >= 0.6 is 0 Å². The lowest BCUT2D eigenvalue weighted by Crippen LogP contribution is -2.07. The highest BCUT2D eigenvalue weighted by Crippen LogP contribution is 2.48. The molecule has 0 spiro atoms. The fraction of sp³-hybridized carbons (Fsp3) is 0.314. The normalized spacial score (nSPS) is 16.1. The first-order chi connectivity index (χ1) is 19.3. The molecule has 5 rings (SSSR count). The average Bonchev–Trinajstić information content (AvgIpc) is 3.16. The molecule has 1 aliphatic carbocycles. The van der Waals surface area contributed by atoms with Gasteiger partial charge in [-0.25, -0.2) is 4.79 Å². The molecule has 0 saturated heterocycles. The minimum absolute atomic E-state index is 0.313. The number of hydrogen-bond acceptors (Lipinski definition) is 3. The molecule has 2 aliphatic rings. The van der Waals surface area contributed by atoms with Crippen molar-refractivity contribution in [3.05, 3.63) is 95.2 Å². The van der Waals surface area contributed by atoms with Gasteiger partial charge in [0.2, 0.25) is 0 Å². The molecule has 0 amide bonds. The van der Waals surface area contributed by atoms with E-state index < -0.39 is 5.97 Å². The maximum absolute atomic E-state index is 11.9.